The molecular formula is C16H26N2. The van der Waals surface area contributed by atoms with Crippen LogP contribution in [0.25, 0.3) is 0 Å². The molecule has 2 atom stereocenters. The van der Waals surface area contributed by atoms with E-state index < -0.39 is 0 Å². The van der Waals surface area contributed by atoms with Crippen LogP contribution in [0.4, 0.5) is 0 Å². The van der Waals surface area contributed by atoms with Gasteiger partial charge in [0.1, 0.15) is 0 Å². The number of rotatable bonds is 5. The van der Waals surface area contributed by atoms with Crippen LogP contribution in [0.3, 0.4) is 0 Å². The first-order chi connectivity index (χ1) is 8.70. The molecule has 1 fully saturated rings. The van der Waals surface area contributed by atoms with E-state index in [4.69, 9.17) is 5.73 Å². The van der Waals surface area contributed by atoms with Gasteiger partial charge in [0.2, 0.25) is 0 Å². The van der Waals surface area contributed by atoms with Gasteiger partial charge in [0.15, 0.2) is 0 Å². The Kier molecular flexibility index (Phi) is 4.79. The maximum absolute atomic E-state index is 5.93. The van der Waals surface area contributed by atoms with Crippen molar-refractivity contribution in [3.05, 3.63) is 35.9 Å². The average Bonchev–Trinajstić information content (AvgIpc) is 2.72. The Morgan fingerprint density at radius 3 is 2.61 bits per heavy atom. The molecule has 0 amide bonds. The zero-order valence-electron chi connectivity index (χ0n) is 11.7. The molecule has 0 saturated carbocycles. The molecule has 2 rings (SSSR count). The first kappa shape index (κ1) is 13.6. The van der Waals surface area contributed by atoms with Gasteiger partial charge in [-0.2, -0.15) is 0 Å². The number of hydrogen-bond acceptors (Lipinski definition) is 2. The van der Waals surface area contributed by atoms with Crippen molar-refractivity contribution in [2.45, 2.75) is 39.3 Å². The fraction of sp³-hybridized carbons (Fsp3) is 0.625. The van der Waals surface area contributed by atoms with Crippen LogP contribution >= 0.6 is 0 Å². The Labute approximate surface area is 111 Å². The second-order valence-electron chi connectivity index (χ2n) is 5.94. The molecule has 1 heterocycles. The Bertz CT molecular complexity index is 347. The van der Waals surface area contributed by atoms with Gasteiger partial charge < -0.3 is 5.73 Å². The summed E-state index contributed by atoms with van der Waals surface area (Å²) in [7, 11) is 0. The van der Waals surface area contributed by atoms with Crippen molar-refractivity contribution in [1.29, 1.82) is 0 Å². The van der Waals surface area contributed by atoms with Gasteiger partial charge in [-0.05, 0) is 43.3 Å². The lowest BCUT2D eigenvalue weighted by molar-refractivity contribution is 0.191. The van der Waals surface area contributed by atoms with E-state index in [1.807, 2.05) is 0 Å². The SMILES string of the molecule is CC(C)CC1C(CN)CCN1Cc1ccccc1. The molecule has 0 radical (unpaired) electrons. The largest absolute Gasteiger partial charge is 0.330 e. The van der Waals surface area contributed by atoms with Crippen LogP contribution in [-0.2, 0) is 6.54 Å². The van der Waals surface area contributed by atoms with Crippen LogP contribution in [0, 0.1) is 11.8 Å². The maximum atomic E-state index is 5.93. The minimum Gasteiger partial charge on any atom is -0.330 e. The summed E-state index contributed by atoms with van der Waals surface area (Å²) in [6.07, 6.45) is 2.54. The normalized spacial score (nSPS) is 24.9. The summed E-state index contributed by atoms with van der Waals surface area (Å²) in [5.41, 5.74) is 7.35. The fourth-order valence-electron chi connectivity index (χ4n) is 3.10. The van der Waals surface area contributed by atoms with Crippen LogP contribution in [-0.4, -0.2) is 24.0 Å². The van der Waals surface area contributed by atoms with Crippen LogP contribution in [0.1, 0.15) is 32.3 Å². The van der Waals surface area contributed by atoms with Crippen LogP contribution < -0.4 is 5.73 Å². The predicted molar refractivity (Wildman–Crippen MR) is 77.3 cm³/mol. The summed E-state index contributed by atoms with van der Waals surface area (Å²) >= 11 is 0. The zero-order valence-corrected chi connectivity index (χ0v) is 11.7. The van der Waals surface area contributed by atoms with E-state index in [-0.39, 0.29) is 0 Å². The van der Waals surface area contributed by atoms with Gasteiger partial charge in [-0.25, -0.2) is 0 Å². The molecule has 2 unspecified atom stereocenters. The standard InChI is InChI=1S/C16H26N2/c1-13(2)10-16-15(11-17)8-9-18(16)12-14-6-4-3-5-7-14/h3-7,13,15-16H,8-12,17H2,1-2H3. The number of benzene rings is 1. The number of likely N-dealkylation sites (tertiary alicyclic amines) is 1. The van der Waals surface area contributed by atoms with E-state index in [0.29, 0.717) is 12.0 Å². The smallest absolute Gasteiger partial charge is 0.0236 e. The van der Waals surface area contributed by atoms with Crippen molar-refractivity contribution in [3.8, 4) is 0 Å². The summed E-state index contributed by atoms with van der Waals surface area (Å²) in [5, 5.41) is 0. The second kappa shape index (κ2) is 6.35. The minimum atomic E-state index is 0.676. The third-order valence-electron chi connectivity index (χ3n) is 4.04. The molecule has 2 nitrogen and oxygen atoms in total. The maximum Gasteiger partial charge on any atom is 0.0236 e. The quantitative estimate of drug-likeness (QED) is 0.865. The molecule has 100 valence electrons. The van der Waals surface area contributed by atoms with Crippen molar-refractivity contribution in [1.82, 2.24) is 4.90 Å². The Morgan fingerprint density at radius 1 is 1.28 bits per heavy atom. The van der Waals surface area contributed by atoms with Gasteiger partial charge in [0.25, 0.3) is 0 Å². The lowest BCUT2D eigenvalue weighted by Gasteiger charge is -2.29. The molecule has 1 aromatic rings. The molecule has 1 saturated heterocycles. The molecule has 0 aromatic heterocycles. The van der Waals surface area contributed by atoms with Crippen LogP contribution in [0.2, 0.25) is 0 Å². The summed E-state index contributed by atoms with van der Waals surface area (Å²) in [5.74, 6) is 1.44. The molecule has 0 bridgehead atoms. The van der Waals surface area contributed by atoms with Gasteiger partial charge >= 0.3 is 0 Å². The summed E-state index contributed by atoms with van der Waals surface area (Å²) in [4.78, 5) is 2.63. The van der Waals surface area contributed by atoms with E-state index in [1.165, 1.54) is 24.9 Å². The minimum absolute atomic E-state index is 0.676. The zero-order chi connectivity index (χ0) is 13.0. The summed E-state index contributed by atoms with van der Waals surface area (Å²) in [6, 6.07) is 11.5. The highest BCUT2D eigenvalue weighted by atomic mass is 15.2. The molecule has 18 heavy (non-hydrogen) atoms. The first-order valence-electron chi connectivity index (χ1n) is 7.18. The third kappa shape index (κ3) is 3.33. The second-order valence-corrected chi connectivity index (χ2v) is 5.94. The Balaban J connectivity index is 2.02. The third-order valence-corrected chi connectivity index (χ3v) is 4.04. The van der Waals surface area contributed by atoms with Crippen molar-refractivity contribution >= 4 is 0 Å². The predicted octanol–water partition coefficient (Wildman–Crippen LogP) is 2.88. The van der Waals surface area contributed by atoms with E-state index in [0.717, 1.165) is 19.0 Å². The highest BCUT2D eigenvalue weighted by molar-refractivity contribution is 5.15. The van der Waals surface area contributed by atoms with Crippen LogP contribution in [0.5, 0.6) is 0 Å². The van der Waals surface area contributed by atoms with Gasteiger partial charge in [0, 0.05) is 12.6 Å². The molecular weight excluding hydrogens is 220 g/mol. The lowest BCUT2D eigenvalue weighted by atomic mass is 9.92. The van der Waals surface area contributed by atoms with Gasteiger partial charge in [-0.3, -0.25) is 4.90 Å². The van der Waals surface area contributed by atoms with Crippen molar-refractivity contribution in [2.24, 2.45) is 17.6 Å². The molecule has 2 heteroatoms. The van der Waals surface area contributed by atoms with Crippen molar-refractivity contribution in [3.63, 3.8) is 0 Å². The monoisotopic (exact) mass is 246 g/mol. The lowest BCUT2D eigenvalue weighted by Crippen LogP contribution is -2.36. The Hall–Kier alpha value is -0.860. The molecule has 0 spiro atoms. The fourth-order valence-corrected chi connectivity index (χ4v) is 3.10. The van der Waals surface area contributed by atoms with Gasteiger partial charge in [-0.1, -0.05) is 44.2 Å². The number of hydrogen-bond donors (Lipinski definition) is 1. The van der Waals surface area contributed by atoms with Crippen molar-refractivity contribution in [2.75, 3.05) is 13.1 Å². The van der Waals surface area contributed by atoms with E-state index >= 15 is 0 Å². The molecule has 0 aliphatic carbocycles. The van der Waals surface area contributed by atoms with Gasteiger partial charge in [-0.15, -0.1) is 0 Å². The molecule has 1 aromatic carbocycles. The highest BCUT2D eigenvalue weighted by Crippen LogP contribution is 2.29. The summed E-state index contributed by atoms with van der Waals surface area (Å²) in [6.45, 7) is 7.74. The summed E-state index contributed by atoms with van der Waals surface area (Å²) < 4.78 is 0. The van der Waals surface area contributed by atoms with Crippen LogP contribution in [0.15, 0.2) is 30.3 Å². The molecule has 1 aliphatic rings. The first-order valence-corrected chi connectivity index (χ1v) is 7.18. The molecule has 2 N–H and O–H groups in total. The van der Waals surface area contributed by atoms with Crippen molar-refractivity contribution < 1.29 is 0 Å². The topological polar surface area (TPSA) is 29.3 Å². The number of nitrogens with two attached hydrogens (primary N) is 1. The highest BCUT2D eigenvalue weighted by Gasteiger charge is 2.33. The van der Waals surface area contributed by atoms with Gasteiger partial charge in [0.05, 0.1) is 0 Å². The Morgan fingerprint density at radius 2 is 2.00 bits per heavy atom. The number of nitrogens with zero attached hydrogens (tertiary/aromatic N) is 1. The van der Waals surface area contributed by atoms with E-state index in [1.54, 1.807) is 0 Å². The van der Waals surface area contributed by atoms with E-state index in [9.17, 15) is 0 Å². The van der Waals surface area contributed by atoms with E-state index in [2.05, 4.69) is 49.1 Å². The molecule has 1 aliphatic heterocycles. The average molecular weight is 246 g/mol.